The van der Waals surface area contributed by atoms with Gasteiger partial charge in [-0.25, -0.2) is 0 Å². The van der Waals surface area contributed by atoms with Crippen LogP contribution in [0.25, 0.3) is 0 Å². The minimum Gasteiger partial charge on any atom is -0.470 e. The minimum atomic E-state index is -0.527. The first kappa shape index (κ1) is 11.3. The van der Waals surface area contributed by atoms with Crippen molar-refractivity contribution in [3.8, 4) is 5.75 Å². The predicted molar refractivity (Wildman–Crippen MR) is 67.1 cm³/mol. The average molecular weight is 253 g/mol. The fourth-order valence-electron chi connectivity index (χ4n) is 1.33. The van der Waals surface area contributed by atoms with E-state index in [9.17, 15) is 0 Å². The van der Waals surface area contributed by atoms with Crippen LogP contribution in [0.1, 0.15) is 11.1 Å². The van der Waals surface area contributed by atoms with Crippen LogP contribution in [0.2, 0.25) is 5.02 Å². The van der Waals surface area contributed by atoms with E-state index in [1.807, 2.05) is 42.5 Å². The Bertz CT molecular complexity index is 456. The molecule has 2 aromatic rings. The number of rotatable bonds is 3. The lowest BCUT2D eigenvalue weighted by atomic mass is 10.2. The minimum absolute atomic E-state index is 0.527. The van der Waals surface area contributed by atoms with E-state index in [0.29, 0.717) is 5.02 Å². The summed E-state index contributed by atoms with van der Waals surface area (Å²) in [6.07, 6.45) is 0. The molecule has 0 amide bonds. The second-order valence-electron chi connectivity index (χ2n) is 3.30. The van der Waals surface area contributed by atoms with Crippen LogP contribution in [-0.4, -0.2) is 0 Å². The van der Waals surface area contributed by atoms with Crippen molar-refractivity contribution >= 4 is 23.2 Å². The monoisotopic (exact) mass is 252 g/mol. The molecular formula is C13H10Cl2O. The summed E-state index contributed by atoms with van der Waals surface area (Å²) in [5.41, 5.74) is 0.319. The van der Waals surface area contributed by atoms with Gasteiger partial charge in [0.2, 0.25) is 0 Å². The molecule has 82 valence electrons. The molecule has 0 aliphatic carbocycles. The van der Waals surface area contributed by atoms with Crippen molar-refractivity contribution in [2.45, 2.75) is 5.56 Å². The Morgan fingerprint density at radius 1 is 0.938 bits per heavy atom. The number of para-hydroxylation sites is 1. The van der Waals surface area contributed by atoms with Gasteiger partial charge in [0.25, 0.3) is 0 Å². The molecule has 16 heavy (non-hydrogen) atoms. The molecule has 1 atom stereocenters. The lowest BCUT2D eigenvalue weighted by Crippen LogP contribution is -1.99. The highest BCUT2D eigenvalue weighted by Crippen LogP contribution is 2.26. The Hall–Kier alpha value is -1.18. The fraction of sp³-hybridized carbons (Fsp3) is 0.0769. The summed E-state index contributed by atoms with van der Waals surface area (Å²) >= 11 is 12.0. The van der Waals surface area contributed by atoms with Crippen molar-refractivity contribution in [3.63, 3.8) is 0 Å². The van der Waals surface area contributed by atoms with E-state index in [4.69, 9.17) is 27.9 Å². The Labute approximate surface area is 105 Å². The lowest BCUT2D eigenvalue weighted by Gasteiger charge is -2.12. The highest BCUT2D eigenvalue weighted by molar-refractivity contribution is 6.30. The summed E-state index contributed by atoms with van der Waals surface area (Å²) in [4.78, 5) is 0. The molecule has 0 aliphatic heterocycles. The molecule has 1 unspecified atom stereocenters. The molecule has 2 rings (SSSR count). The molecule has 2 aromatic carbocycles. The van der Waals surface area contributed by atoms with Crippen molar-refractivity contribution < 1.29 is 4.74 Å². The summed E-state index contributed by atoms with van der Waals surface area (Å²) in [5.74, 6) is 0.738. The second kappa shape index (κ2) is 5.24. The Kier molecular flexibility index (Phi) is 3.70. The first-order chi connectivity index (χ1) is 7.75. The van der Waals surface area contributed by atoms with Gasteiger partial charge in [0.1, 0.15) is 5.75 Å². The highest BCUT2D eigenvalue weighted by atomic mass is 35.5. The number of benzene rings is 2. The van der Waals surface area contributed by atoms with Gasteiger partial charge < -0.3 is 4.74 Å². The summed E-state index contributed by atoms with van der Waals surface area (Å²) in [6, 6.07) is 16.8. The van der Waals surface area contributed by atoms with Crippen molar-refractivity contribution in [3.05, 3.63) is 65.2 Å². The summed E-state index contributed by atoms with van der Waals surface area (Å²) in [7, 11) is 0. The quantitative estimate of drug-likeness (QED) is 0.723. The molecule has 0 aromatic heterocycles. The SMILES string of the molecule is Clc1cccc(C(Cl)Oc2ccccc2)c1. The highest BCUT2D eigenvalue weighted by Gasteiger charge is 2.09. The zero-order valence-electron chi connectivity index (χ0n) is 8.44. The molecule has 0 saturated heterocycles. The second-order valence-corrected chi connectivity index (χ2v) is 4.13. The van der Waals surface area contributed by atoms with Gasteiger partial charge in [-0.3, -0.25) is 0 Å². The number of ether oxygens (including phenoxy) is 1. The van der Waals surface area contributed by atoms with Crippen LogP contribution < -0.4 is 4.74 Å². The van der Waals surface area contributed by atoms with E-state index in [2.05, 4.69) is 0 Å². The van der Waals surface area contributed by atoms with E-state index in [-0.39, 0.29) is 0 Å². The van der Waals surface area contributed by atoms with Gasteiger partial charge in [-0.1, -0.05) is 53.5 Å². The van der Waals surface area contributed by atoms with Crippen LogP contribution in [0.3, 0.4) is 0 Å². The number of halogens is 2. The van der Waals surface area contributed by atoms with Crippen LogP contribution in [0.5, 0.6) is 5.75 Å². The molecule has 0 bridgehead atoms. The topological polar surface area (TPSA) is 9.23 Å². The number of hydrogen-bond donors (Lipinski definition) is 0. The maximum absolute atomic E-state index is 6.13. The maximum Gasteiger partial charge on any atom is 0.197 e. The largest absolute Gasteiger partial charge is 0.470 e. The molecule has 0 spiro atoms. The van der Waals surface area contributed by atoms with E-state index < -0.39 is 5.56 Å². The molecule has 0 fully saturated rings. The van der Waals surface area contributed by atoms with Crippen molar-refractivity contribution in [2.75, 3.05) is 0 Å². The standard InChI is InChI=1S/C13H10Cl2O/c14-11-6-4-5-10(9-11)13(15)16-12-7-2-1-3-8-12/h1-9,13H. The summed E-state index contributed by atoms with van der Waals surface area (Å²) in [6.45, 7) is 0. The smallest absolute Gasteiger partial charge is 0.197 e. The van der Waals surface area contributed by atoms with Crippen molar-refractivity contribution in [2.24, 2.45) is 0 Å². The molecule has 0 aliphatic rings. The molecule has 0 saturated carbocycles. The van der Waals surface area contributed by atoms with Crippen LogP contribution in [-0.2, 0) is 0 Å². The van der Waals surface area contributed by atoms with Gasteiger partial charge in [-0.15, -0.1) is 0 Å². The summed E-state index contributed by atoms with van der Waals surface area (Å²) < 4.78 is 5.56. The molecule has 1 nitrogen and oxygen atoms in total. The molecule has 3 heteroatoms. The summed E-state index contributed by atoms with van der Waals surface area (Å²) in [5, 5.41) is 0.653. The van der Waals surface area contributed by atoms with E-state index in [0.717, 1.165) is 11.3 Å². The van der Waals surface area contributed by atoms with Gasteiger partial charge in [-0.2, -0.15) is 0 Å². The molecular weight excluding hydrogens is 243 g/mol. The van der Waals surface area contributed by atoms with E-state index >= 15 is 0 Å². The van der Waals surface area contributed by atoms with Crippen LogP contribution in [0.15, 0.2) is 54.6 Å². The van der Waals surface area contributed by atoms with Crippen molar-refractivity contribution in [1.29, 1.82) is 0 Å². The third-order valence-electron chi connectivity index (χ3n) is 2.09. The normalized spacial score (nSPS) is 12.1. The van der Waals surface area contributed by atoms with Gasteiger partial charge >= 0.3 is 0 Å². The zero-order valence-corrected chi connectivity index (χ0v) is 9.95. The number of hydrogen-bond acceptors (Lipinski definition) is 1. The van der Waals surface area contributed by atoms with Crippen LogP contribution in [0, 0.1) is 0 Å². The third kappa shape index (κ3) is 2.91. The predicted octanol–water partition coefficient (Wildman–Crippen LogP) is 4.66. The number of alkyl halides is 1. The Morgan fingerprint density at radius 2 is 1.69 bits per heavy atom. The first-order valence-corrected chi connectivity index (χ1v) is 5.68. The van der Waals surface area contributed by atoms with Crippen LogP contribution in [0.4, 0.5) is 0 Å². The Morgan fingerprint density at radius 3 is 2.38 bits per heavy atom. The molecule has 0 radical (unpaired) electrons. The van der Waals surface area contributed by atoms with E-state index in [1.165, 1.54) is 0 Å². The average Bonchev–Trinajstić information content (AvgIpc) is 2.30. The maximum atomic E-state index is 6.13. The van der Waals surface area contributed by atoms with Gasteiger partial charge in [0, 0.05) is 10.6 Å². The lowest BCUT2D eigenvalue weighted by molar-refractivity contribution is 0.288. The molecule has 0 N–H and O–H groups in total. The fourth-order valence-corrected chi connectivity index (χ4v) is 1.77. The first-order valence-electron chi connectivity index (χ1n) is 4.87. The van der Waals surface area contributed by atoms with Crippen LogP contribution >= 0.6 is 23.2 Å². The molecule has 0 heterocycles. The zero-order chi connectivity index (χ0) is 11.4. The van der Waals surface area contributed by atoms with Gasteiger partial charge in [0.05, 0.1) is 0 Å². The van der Waals surface area contributed by atoms with Gasteiger partial charge in [-0.05, 0) is 24.3 Å². The van der Waals surface area contributed by atoms with E-state index in [1.54, 1.807) is 12.1 Å². The third-order valence-corrected chi connectivity index (χ3v) is 2.67. The van der Waals surface area contributed by atoms with Crippen molar-refractivity contribution in [1.82, 2.24) is 0 Å². The van der Waals surface area contributed by atoms with Gasteiger partial charge in [0.15, 0.2) is 5.56 Å². The Balaban J connectivity index is 2.12.